The third kappa shape index (κ3) is 3.33. The smallest absolute Gasteiger partial charge is 0.234 e. The summed E-state index contributed by atoms with van der Waals surface area (Å²) in [6, 6.07) is 1.69. The van der Waals surface area contributed by atoms with Crippen LogP contribution in [0.2, 0.25) is 0 Å². The molecule has 0 spiro atoms. The molecule has 2 aliphatic heterocycles. The van der Waals surface area contributed by atoms with E-state index in [4.69, 9.17) is 0 Å². The number of nitrogens with one attached hydrogen (secondary N) is 3. The Balaban J connectivity index is 0.00000112. The topological polar surface area (TPSA) is 53.2 Å². The van der Waals surface area contributed by atoms with Crippen molar-refractivity contribution in [1.82, 2.24) is 16.0 Å². The number of hydrogen-bond donors (Lipinski definition) is 3. The molecule has 2 rings (SSSR count). The van der Waals surface area contributed by atoms with E-state index in [9.17, 15) is 4.79 Å². The fraction of sp³-hybridized carbons (Fsp3) is 0.900. The number of carbonyl (C=O) groups excluding carboxylic acids is 1. The van der Waals surface area contributed by atoms with Crippen LogP contribution in [0.5, 0.6) is 0 Å². The Kier molecular flexibility index (Phi) is 4.83. The van der Waals surface area contributed by atoms with Gasteiger partial charge in [-0.15, -0.1) is 12.4 Å². The Hall–Kier alpha value is -0.320. The highest BCUT2D eigenvalue weighted by molar-refractivity contribution is 5.85. The van der Waals surface area contributed by atoms with Gasteiger partial charge in [-0.1, -0.05) is 0 Å². The SMILES string of the molecule is CNCC(=O)NC1CC2CCC(C1)N2.Cl. The number of amides is 1. The van der Waals surface area contributed by atoms with E-state index in [2.05, 4.69) is 16.0 Å². The lowest BCUT2D eigenvalue weighted by Crippen LogP contribution is -2.49. The average molecular weight is 234 g/mol. The second-order valence-electron chi connectivity index (χ2n) is 4.40. The van der Waals surface area contributed by atoms with Crippen LogP contribution in [0.4, 0.5) is 0 Å². The molecule has 5 heteroatoms. The molecule has 4 nitrogen and oxygen atoms in total. The summed E-state index contributed by atoms with van der Waals surface area (Å²) >= 11 is 0. The monoisotopic (exact) mass is 233 g/mol. The largest absolute Gasteiger partial charge is 0.352 e. The molecule has 0 aliphatic carbocycles. The minimum atomic E-state index is 0. The van der Waals surface area contributed by atoms with Gasteiger partial charge in [-0.3, -0.25) is 4.79 Å². The van der Waals surface area contributed by atoms with Crippen LogP contribution in [-0.2, 0) is 4.79 Å². The fourth-order valence-electron chi connectivity index (χ4n) is 2.61. The summed E-state index contributed by atoms with van der Waals surface area (Å²) in [4.78, 5) is 11.4. The van der Waals surface area contributed by atoms with E-state index in [-0.39, 0.29) is 18.3 Å². The average Bonchev–Trinajstić information content (AvgIpc) is 2.46. The molecule has 2 heterocycles. The van der Waals surface area contributed by atoms with Gasteiger partial charge in [-0.2, -0.15) is 0 Å². The minimum absolute atomic E-state index is 0. The highest BCUT2D eigenvalue weighted by Crippen LogP contribution is 2.26. The quantitative estimate of drug-likeness (QED) is 0.645. The Morgan fingerprint density at radius 3 is 2.47 bits per heavy atom. The number of piperidine rings is 1. The maximum Gasteiger partial charge on any atom is 0.234 e. The van der Waals surface area contributed by atoms with Crippen LogP contribution in [0, 0.1) is 0 Å². The van der Waals surface area contributed by atoms with Crippen LogP contribution in [0.3, 0.4) is 0 Å². The van der Waals surface area contributed by atoms with Crippen molar-refractivity contribution in [2.24, 2.45) is 0 Å². The van der Waals surface area contributed by atoms with Crippen LogP contribution < -0.4 is 16.0 Å². The fourth-order valence-corrected chi connectivity index (χ4v) is 2.61. The minimum Gasteiger partial charge on any atom is -0.352 e. The molecule has 2 saturated heterocycles. The summed E-state index contributed by atoms with van der Waals surface area (Å²) in [7, 11) is 1.80. The highest BCUT2D eigenvalue weighted by Gasteiger charge is 2.33. The van der Waals surface area contributed by atoms with Crippen LogP contribution in [-0.4, -0.2) is 37.6 Å². The molecule has 88 valence electrons. The number of hydrogen-bond acceptors (Lipinski definition) is 3. The first-order valence-corrected chi connectivity index (χ1v) is 5.48. The maximum atomic E-state index is 11.4. The number of likely N-dealkylation sites (N-methyl/N-ethyl adjacent to an activating group) is 1. The molecule has 15 heavy (non-hydrogen) atoms. The van der Waals surface area contributed by atoms with Crippen molar-refractivity contribution < 1.29 is 4.79 Å². The summed E-state index contributed by atoms with van der Waals surface area (Å²) in [6.07, 6.45) is 4.77. The first-order valence-electron chi connectivity index (χ1n) is 5.48. The van der Waals surface area contributed by atoms with Crippen molar-refractivity contribution in [2.45, 2.75) is 43.8 Å². The van der Waals surface area contributed by atoms with Gasteiger partial charge in [0, 0.05) is 18.1 Å². The second kappa shape index (κ2) is 5.68. The van der Waals surface area contributed by atoms with E-state index in [1.54, 1.807) is 7.05 Å². The molecule has 0 saturated carbocycles. The first kappa shape index (κ1) is 12.7. The summed E-state index contributed by atoms with van der Waals surface area (Å²) in [5.74, 6) is 0.124. The molecule has 2 unspecified atom stereocenters. The summed E-state index contributed by atoms with van der Waals surface area (Å²) in [5, 5.41) is 9.51. The molecule has 0 aromatic carbocycles. The lowest BCUT2D eigenvalue weighted by Gasteiger charge is -2.29. The Morgan fingerprint density at radius 2 is 1.93 bits per heavy atom. The zero-order chi connectivity index (χ0) is 9.97. The summed E-state index contributed by atoms with van der Waals surface area (Å²) in [5.41, 5.74) is 0. The van der Waals surface area contributed by atoms with Crippen molar-refractivity contribution >= 4 is 18.3 Å². The van der Waals surface area contributed by atoms with Crippen LogP contribution in [0.15, 0.2) is 0 Å². The molecule has 2 fully saturated rings. The molecule has 2 atom stereocenters. The Labute approximate surface area is 97.0 Å². The van der Waals surface area contributed by atoms with Crippen molar-refractivity contribution in [3.05, 3.63) is 0 Å². The predicted octanol–water partition coefficient (Wildman–Crippen LogP) is 0.0268. The first-order chi connectivity index (χ1) is 6.78. The van der Waals surface area contributed by atoms with Gasteiger partial charge in [0.1, 0.15) is 0 Å². The van der Waals surface area contributed by atoms with Crippen LogP contribution in [0.25, 0.3) is 0 Å². The van der Waals surface area contributed by atoms with E-state index in [0.29, 0.717) is 24.7 Å². The predicted molar refractivity (Wildman–Crippen MR) is 62.3 cm³/mol. The van der Waals surface area contributed by atoms with Gasteiger partial charge < -0.3 is 16.0 Å². The van der Waals surface area contributed by atoms with E-state index < -0.39 is 0 Å². The van der Waals surface area contributed by atoms with Gasteiger partial charge in [0.2, 0.25) is 5.91 Å². The normalized spacial score (nSPS) is 33.3. The van der Waals surface area contributed by atoms with Gasteiger partial charge in [0.05, 0.1) is 6.54 Å². The van der Waals surface area contributed by atoms with Crippen molar-refractivity contribution in [2.75, 3.05) is 13.6 Å². The molecule has 2 aliphatic rings. The van der Waals surface area contributed by atoms with Gasteiger partial charge in [0.25, 0.3) is 0 Å². The van der Waals surface area contributed by atoms with E-state index >= 15 is 0 Å². The van der Waals surface area contributed by atoms with E-state index in [1.807, 2.05) is 0 Å². The van der Waals surface area contributed by atoms with Crippen molar-refractivity contribution in [3.63, 3.8) is 0 Å². The molecular formula is C10H20ClN3O. The zero-order valence-corrected chi connectivity index (χ0v) is 9.90. The lowest BCUT2D eigenvalue weighted by molar-refractivity contribution is -0.121. The van der Waals surface area contributed by atoms with Crippen molar-refractivity contribution in [3.8, 4) is 0 Å². The number of fused-ring (bicyclic) bond motifs is 2. The molecule has 0 radical (unpaired) electrons. The lowest BCUT2D eigenvalue weighted by atomic mass is 10.00. The molecule has 2 bridgehead atoms. The van der Waals surface area contributed by atoms with Gasteiger partial charge in [-0.25, -0.2) is 0 Å². The Bertz CT molecular complexity index is 213. The van der Waals surface area contributed by atoms with Gasteiger partial charge in [-0.05, 0) is 32.7 Å². The van der Waals surface area contributed by atoms with E-state index in [1.165, 1.54) is 12.8 Å². The van der Waals surface area contributed by atoms with E-state index in [0.717, 1.165) is 12.8 Å². The molecule has 0 aromatic heterocycles. The molecule has 0 aromatic rings. The van der Waals surface area contributed by atoms with Crippen molar-refractivity contribution in [1.29, 1.82) is 0 Å². The molecule has 1 amide bonds. The third-order valence-corrected chi connectivity index (χ3v) is 3.18. The zero-order valence-electron chi connectivity index (χ0n) is 9.08. The molecule has 3 N–H and O–H groups in total. The summed E-state index contributed by atoms with van der Waals surface area (Å²) < 4.78 is 0. The number of halogens is 1. The standard InChI is InChI=1S/C10H19N3O.ClH/c1-11-6-10(14)13-9-4-7-2-3-8(5-9)12-7;/h7-9,11-12H,2-6H2,1H3,(H,13,14);1H. The number of rotatable bonds is 3. The third-order valence-electron chi connectivity index (χ3n) is 3.18. The second-order valence-corrected chi connectivity index (χ2v) is 4.40. The maximum absolute atomic E-state index is 11.4. The summed E-state index contributed by atoms with van der Waals surface area (Å²) in [6.45, 7) is 0.430. The number of carbonyl (C=O) groups is 1. The molecular weight excluding hydrogens is 214 g/mol. The van der Waals surface area contributed by atoms with Crippen LogP contribution >= 0.6 is 12.4 Å². The van der Waals surface area contributed by atoms with Gasteiger partial charge >= 0.3 is 0 Å². The Morgan fingerprint density at radius 1 is 1.33 bits per heavy atom. The highest BCUT2D eigenvalue weighted by atomic mass is 35.5. The van der Waals surface area contributed by atoms with Crippen LogP contribution in [0.1, 0.15) is 25.7 Å². The van der Waals surface area contributed by atoms with Gasteiger partial charge in [0.15, 0.2) is 0 Å².